The Hall–Kier alpha value is -3.83. The van der Waals surface area contributed by atoms with E-state index in [9.17, 15) is 26.3 Å². The molecule has 0 aliphatic carbocycles. The number of pyridine rings is 3. The van der Waals surface area contributed by atoms with Gasteiger partial charge in [-0.2, -0.15) is 35.3 Å². The molecule has 0 amide bonds. The summed E-state index contributed by atoms with van der Waals surface area (Å²) in [5.41, 5.74) is -4.10. The number of hydrogen-bond acceptors (Lipinski definition) is 2. The second kappa shape index (κ2) is 5.93. The maximum absolute atomic E-state index is 15.8. The van der Waals surface area contributed by atoms with Crippen molar-refractivity contribution in [1.82, 2.24) is 14.8 Å². The van der Waals surface area contributed by atoms with Crippen LogP contribution in [0.2, 0.25) is 0 Å². The van der Waals surface area contributed by atoms with Crippen LogP contribution < -0.4 is 9.13 Å². The molecule has 0 saturated carbocycles. The average Bonchev–Trinajstić information content (AvgIpc) is 3.43. The zero-order valence-electron chi connectivity index (χ0n) is 18.5. The lowest BCUT2D eigenvalue weighted by molar-refractivity contribution is -0.972. The molecule has 4 aromatic rings. The largest absolute Gasteiger partial charge is 0.437 e. The number of aromatic nitrogens is 5. The van der Waals surface area contributed by atoms with Crippen LogP contribution >= 0.6 is 0 Å². The minimum Gasteiger partial charge on any atom is -0.215 e. The maximum Gasteiger partial charge on any atom is 0.437 e. The molecule has 4 aromatic heterocycles. The van der Waals surface area contributed by atoms with Crippen LogP contribution in [0.5, 0.6) is 0 Å². The molecule has 0 bridgehead atoms. The van der Waals surface area contributed by atoms with Crippen LogP contribution in [-0.2, 0) is 23.4 Å². The highest BCUT2D eigenvalue weighted by atomic mass is 19.4. The molecule has 12 heteroatoms. The van der Waals surface area contributed by atoms with Gasteiger partial charge in [0.2, 0.25) is 17.3 Å². The van der Waals surface area contributed by atoms with Crippen LogP contribution in [0, 0.1) is 5.95 Å². The summed E-state index contributed by atoms with van der Waals surface area (Å²) in [5.74, 6) is -1.18. The number of fused-ring (bicyclic) bond motifs is 4. The molecule has 1 spiro atoms. The topological polar surface area (TPSA) is 38.5 Å². The fourth-order valence-electron chi connectivity index (χ4n) is 5.99. The number of hydrogen-bond donors (Lipinski definition) is 0. The van der Waals surface area contributed by atoms with Gasteiger partial charge in [0.1, 0.15) is 22.4 Å². The Kier molecular flexibility index (Phi) is 3.53. The van der Waals surface area contributed by atoms with Gasteiger partial charge in [-0.05, 0) is 32.0 Å². The first kappa shape index (κ1) is 21.5. The molecule has 0 radical (unpaired) electrons. The van der Waals surface area contributed by atoms with Gasteiger partial charge in [0.25, 0.3) is 5.69 Å². The van der Waals surface area contributed by atoms with Crippen LogP contribution in [0.4, 0.5) is 30.7 Å². The molecule has 36 heavy (non-hydrogen) atoms. The molecule has 5 nitrogen and oxygen atoms in total. The van der Waals surface area contributed by atoms with E-state index in [0.717, 1.165) is 16.8 Å². The maximum atomic E-state index is 15.8. The smallest absolute Gasteiger partial charge is 0.215 e. The fraction of sp³-hybridized carbons (Fsp3) is 0.250. The van der Waals surface area contributed by atoms with Crippen molar-refractivity contribution in [1.29, 1.82) is 0 Å². The highest BCUT2D eigenvalue weighted by molar-refractivity contribution is 5.68. The van der Waals surface area contributed by atoms with Gasteiger partial charge >= 0.3 is 23.8 Å². The molecular formula is C24H14F7N5+2. The first-order valence-electron chi connectivity index (χ1n) is 10.9. The van der Waals surface area contributed by atoms with Crippen LogP contribution in [0.25, 0.3) is 17.1 Å². The van der Waals surface area contributed by atoms with Crippen LogP contribution in [-0.4, -0.2) is 14.8 Å². The van der Waals surface area contributed by atoms with Crippen molar-refractivity contribution in [2.75, 3.05) is 0 Å². The molecule has 0 saturated heterocycles. The Morgan fingerprint density at radius 2 is 1.47 bits per heavy atom. The SMILES string of the molecule is CC1(C)c2cccc3[n+]2[C@]2(c4c-3cc(C(F)(F)F)nc4F)c3cc(C(F)(F)F)nn3-c3cccc1[n+]32. The summed E-state index contributed by atoms with van der Waals surface area (Å²) in [7, 11) is 0. The summed E-state index contributed by atoms with van der Waals surface area (Å²) in [5, 5.41) is 3.80. The second-order valence-corrected chi connectivity index (χ2v) is 9.58. The zero-order chi connectivity index (χ0) is 25.6. The molecule has 3 aliphatic heterocycles. The standard InChI is InChI=1S/C24H14F7N5/c1-21(2)15-6-3-5-12-11-9-13(23(26,27)28)32-20(25)19(11)22(34(12)15)17-10-14(24(29,30)31)33-36(17)18-8-4-7-16(21)35(18)22/h3-10H,1-2H3/q+2/t22-/m1/s1. The molecule has 0 N–H and O–H groups in total. The van der Waals surface area contributed by atoms with Crippen molar-refractivity contribution >= 4 is 0 Å². The van der Waals surface area contributed by atoms with E-state index in [1.54, 1.807) is 39.5 Å². The van der Waals surface area contributed by atoms with Gasteiger partial charge in [-0.1, -0.05) is 15.8 Å². The monoisotopic (exact) mass is 505 g/mol. The minimum atomic E-state index is -4.93. The van der Waals surface area contributed by atoms with E-state index in [0.29, 0.717) is 11.4 Å². The third-order valence-electron chi connectivity index (χ3n) is 7.35. The highest BCUT2D eigenvalue weighted by Crippen LogP contribution is 2.51. The third kappa shape index (κ3) is 2.19. The lowest BCUT2D eigenvalue weighted by Crippen LogP contribution is -2.79. The molecule has 182 valence electrons. The molecule has 1 atom stereocenters. The van der Waals surface area contributed by atoms with Crippen molar-refractivity contribution in [2.24, 2.45) is 0 Å². The Bertz CT molecular complexity index is 1660. The molecule has 0 fully saturated rings. The Balaban J connectivity index is 1.73. The van der Waals surface area contributed by atoms with E-state index in [4.69, 9.17) is 0 Å². The van der Waals surface area contributed by atoms with Crippen molar-refractivity contribution in [3.05, 3.63) is 88.5 Å². The van der Waals surface area contributed by atoms with Gasteiger partial charge in [0, 0.05) is 24.3 Å². The molecule has 0 unspecified atom stereocenters. The first-order chi connectivity index (χ1) is 16.8. The number of alkyl halides is 6. The quantitative estimate of drug-likeness (QED) is 0.176. The van der Waals surface area contributed by atoms with Crippen molar-refractivity contribution in [2.45, 2.75) is 37.3 Å². The Labute approximate surface area is 198 Å². The Morgan fingerprint density at radius 1 is 0.833 bits per heavy atom. The highest BCUT2D eigenvalue weighted by Gasteiger charge is 2.74. The second-order valence-electron chi connectivity index (χ2n) is 9.58. The predicted molar refractivity (Wildman–Crippen MR) is 107 cm³/mol. The van der Waals surface area contributed by atoms with Crippen molar-refractivity contribution in [3.63, 3.8) is 0 Å². The number of halogens is 7. The van der Waals surface area contributed by atoms with Crippen LogP contribution in [0.15, 0.2) is 48.5 Å². The van der Waals surface area contributed by atoms with E-state index < -0.39 is 40.8 Å². The average molecular weight is 505 g/mol. The normalized spacial score (nSPS) is 20.1. The number of nitrogens with zero attached hydrogens (tertiary/aromatic N) is 5. The van der Waals surface area contributed by atoms with Crippen LogP contribution in [0.3, 0.4) is 0 Å². The van der Waals surface area contributed by atoms with Crippen molar-refractivity contribution < 1.29 is 39.9 Å². The summed E-state index contributed by atoms with van der Waals surface area (Å²) in [6.07, 6.45) is -9.72. The van der Waals surface area contributed by atoms with Gasteiger partial charge in [-0.25, -0.2) is 4.98 Å². The van der Waals surface area contributed by atoms with Gasteiger partial charge in [0.05, 0.1) is 5.56 Å². The van der Waals surface area contributed by atoms with E-state index in [2.05, 4.69) is 10.1 Å². The summed E-state index contributed by atoms with van der Waals surface area (Å²) in [6.45, 7) is 3.78. The molecule has 7 heterocycles. The minimum absolute atomic E-state index is 0.0457. The van der Waals surface area contributed by atoms with E-state index in [1.807, 2.05) is 13.8 Å². The molecule has 0 aromatic carbocycles. The molecular weight excluding hydrogens is 491 g/mol. The third-order valence-corrected chi connectivity index (χ3v) is 7.35. The van der Waals surface area contributed by atoms with Crippen molar-refractivity contribution in [3.8, 4) is 17.1 Å². The summed E-state index contributed by atoms with van der Waals surface area (Å²) >= 11 is 0. The van der Waals surface area contributed by atoms with Crippen LogP contribution in [0.1, 0.15) is 47.9 Å². The summed E-state index contributed by atoms with van der Waals surface area (Å²) in [4.78, 5) is 3.23. The summed E-state index contributed by atoms with van der Waals surface area (Å²) in [6, 6.07) is 11.5. The lowest BCUT2D eigenvalue weighted by atomic mass is 9.79. The molecule has 3 aliphatic rings. The van der Waals surface area contributed by atoms with Gasteiger partial charge in [-0.3, -0.25) is 0 Å². The fourth-order valence-corrected chi connectivity index (χ4v) is 5.99. The Morgan fingerprint density at radius 3 is 2.14 bits per heavy atom. The van der Waals surface area contributed by atoms with Gasteiger partial charge < -0.3 is 0 Å². The predicted octanol–water partition coefficient (Wildman–Crippen LogP) is 4.25. The summed E-state index contributed by atoms with van der Waals surface area (Å²) < 4.78 is 102. The van der Waals surface area contributed by atoms with E-state index in [1.165, 1.54) is 6.07 Å². The van der Waals surface area contributed by atoms with E-state index in [-0.39, 0.29) is 28.3 Å². The zero-order valence-corrected chi connectivity index (χ0v) is 18.5. The molecule has 7 rings (SSSR count). The van der Waals surface area contributed by atoms with Gasteiger partial charge in [0.15, 0.2) is 5.69 Å². The first-order valence-corrected chi connectivity index (χ1v) is 10.9. The lowest BCUT2D eigenvalue weighted by Gasteiger charge is -2.33. The van der Waals surface area contributed by atoms with E-state index >= 15 is 4.39 Å². The van der Waals surface area contributed by atoms with Gasteiger partial charge in [-0.15, -0.1) is 4.57 Å². The number of rotatable bonds is 0.